The van der Waals surface area contributed by atoms with Gasteiger partial charge in [-0.1, -0.05) is 18.2 Å². The van der Waals surface area contributed by atoms with E-state index in [2.05, 4.69) is 16.4 Å². The quantitative estimate of drug-likeness (QED) is 0.472. The van der Waals surface area contributed by atoms with E-state index >= 15 is 0 Å². The van der Waals surface area contributed by atoms with Crippen LogP contribution >= 0.6 is 22.7 Å². The third kappa shape index (κ3) is 3.36. The Labute approximate surface area is 153 Å². The van der Waals surface area contributed by atoms with Gasteiger partial charge in [-0.05, 0) is 35.9 Å². The van der Waals surface area contributed by atoms with Crippen molar-refractivity contribution < 1.29 is 9.53 Å². The van der Waals surface area contributed by atoms with Gasteiger partial charge in [0.05, 0.1) is 5.69 Å². The van der Waals surface area contributed by atoms with Crippen LogP contribution in [0.3, 0.4) is 0 Å². The van der Waals surface area contributed by atoms with Crippen LogP contribution in [-0.2, 0) is 22.7 Å². The molecule has 0 spiro atoms. The van der Waals surface area contributed by atoms with Gasteiger partial charge in [0.15, 0.2) is 0 Å². The first-order valence-electron chi connectivity index (χ1n) is 7.88. The Balaban J connectivity index is 1.42. The summed E-state index contributed by atoms with van der Waals surface area (Å²) in [5.74, 6) is -0.255. The summed E-state index contributed by atoms with van der Waals surface area (Å²) in [6.07, 6.45) is 0. The predicted molar refractivity (Wildman–Crippen MR) is 102 cm³/mol. The summed E-state index contributed by atoms with van der Waals surface area (Å²) in [5.41, 5.74) is 3.99. The van der Waals surface area contributed by atoms with E-state index in [9.17, 15) is 4.79 Å². The van der Waals surface area contributed by atoms with Crippen LogP contribution in [-0.4, -0.2) is 15.5 Å². The molecule has 6 heteroatoms. The summed E-state index contributed by atoms with van der Waals surface area (Å²) >= 11 is 3.21. The van der Waals surface area contributed by atoms with Crippen molar-refractivity contribution in [1.29, 1.82) is 0 Å². The number of carbonyl (C=O) groups excluding carboxylic acids is 1. The molecule has 1 aromatic carbocycles. The summed E-state index contributed by atoms with van der Waals surface area (Å²) in [6.45, 7) is 2.42. The average molecular weight is 368 g/mol. The van der Waals surface area contributed by atoms with Crippen molar-refractivity contribution in [3.05, 3.63) is 63.9 Å². The van der Waals surface area contributed by atoms with Crippen LogP contribution in [0.2, 0.25) is 0 Å². The van der Waals surface area contributed by atoms with Gasteiger partial charge >= 0.3 is 5.97 Å². The maximum absolute atomic E-state index is 12.2. The van der Waals surface area contributed by atoms with E-state index < -0.39 is 0 Å². The van der Waals surface area contributed by atoms with Crippen molar-refractivity contribution in [1.82, 2.24) is 9.55 Å². The number of aromatic nitrogens is 2. The standard InChI is InChI=1S/C19H16N2O2S2/c1-13-8-14-4-2-3-5-17(14)21(13)9-18(22)23-10-16-12-25-19(20-16)15-6-7-24-11-15/h2-8,11-12H,9-10H2,1H3. The van der Waals surface area contributed by atoms with E-state index in [-0.39, 0.29) is 19.1 Å². The maximum atomic E-state index is 12.2. The molecule has 0 aliphatic rings. The SMILES string of the molecule is Cc1cc2ccccc2n1CC(=O)OCc1csc(-c2ccsc2)n1. The van der Waals surface area contributed by atoms with Crippen molar-refractivity contribution in [3.8, 4) is 10.6 Å². The monoisotopic (exact) mass is 368 g/mol. The second-order valence-corrected chi connectivity index (χ2v) is 7.39. The molecule has 0 aliphatic heterocycles. The largest absolute Gasteiger partial charge is 0.458 e. The van der Waals surface area contributed by atoms with E-state index in [1.54, 1.807) is 22.7 Å². The minimum Gasteiger partial charge on any atom is -0.458 e. The lowest BCUT2D eigenvalue weighted by molar-refractivity contribution is -0.145. The molecule has 3 heterocycles. The number of thiazole rings is 1. The van der Waals surface area contributed by atoms with Crippen molar-refractivity contribution >= 4 is 39.5 Å². The Kier molecular flexibility index (Phi) is 4.38. The van der Waals surface area contributed by atoms with Gasteiger partial charge in [-0.25, -0.2) is 4.98 Å². The molecule has 0 aliphatic carbocycles. The molecule has 4 nitrogen and oxygen atoms in total. The Morgan fingerprint density at radius 1 is 1.24 bits per heavy atom. The Morgan fingerprint density at radius 2 is 2.12 bits per heavy atom. The molecule has 0 fully saturated rings. The number of rotatable bonds is 5. The number of ether oxygens (including phenoxy) is 1. The summed E-state index contributed by atoms with van der Waals surface area (Å²) < 4.78 is 7.40. The molecule has 0 saturated carbocycles. The average Bonchev–Trinajstić information content (AvgIpc) is 3.33. The van der Waals surface area contributed by atoms with E-state index in [0.29, 0.717) is 0 Å². The number of thiophene rings is 1. The number of fused-ring (bicyclic) bond motifs is 1. The number of hydrogen-bond acceptors (Lipinski definition) is 5. The Morgan fingerprint density at radius 3 is 2.96 bits per heavy atom. The maximum Gasteiger partial charge on any atom is 0.326 e. The first-order chi connectivity index (χ1) is 12.2. The molecule has 0 N–H and O–H groups in total. The normalized spacial score (nSPS) is 11.1. The third-order valence-electron chi connectivity index (χ3n) is 4.01. The van der Waals surface area contributed by atoms with Crippen LogP contribution in [0.15, 0.2) is 52.5 Å². The van der Waals surface area contributed by atoms with Crippen molar-refractivity contribution in [2.45, 2.75) is 20.1 Å². The molecule has 0 unspecified atom stereocenters. The molecule has 126 valence electrons. The van der Waals surface area contributed by atoms with Crippen LogP contribution in [0, 0.1) is 6.92 Å². The van der Waals surface area contributed by atoms with Gasteiger partial charge in [-0.15, -0.1) is 11.3 Å². The fourth-order valence-electron chi connectivity index (χ4n) is 2.78. The van der Waals surface area contributed by atoms with E-state index in [1.165, 1.54) is 0 Å². The fourth-order valence-corrected chi connectivity index (χ4v) is 4.30. The van der Waals surface area contributed by atoms with Gasteiger partial charge in [0, 0.05) is 27.5 Å². The number of para-hydroxylation sites is 1. The first-order valence-corrected chi connectivity index (χ1v) is 9.70. The number of nitrogens with zero attached hydrogens (tertiary/aromatic N) is 2. The lowest BCUT2D eigenvalue weighted by Gasteiger charge is -2.08. The highest BCUT2D eigenvalue weighted by molar-refractivity contribution is 7.14. The Bertz CT molecular complexity index is 1020. The van der Waals surface area contributed by atoms with E-state index in [1.807, 2.05) is 52.6 Å². The Hall–Kier alpha value is -2.44. The third-order valence-corrected chi connectivity index (χ3v) is 5.63. The fraction of sp³-hybridized carbons (Fsp3) is 0.158. The van der Waals surface area contributed by atoms with E-state index in [4.69, 9.17) is 4.74 Å². The smallest absolute Gasteiger partial charge is 0.326 e. The molecule has 0 radical (unpaired) electrons. The van der Waals surface area contributed by atoms with Gasteiger partial charge in [0.2, 0.25) is 0 Å². The zero-order valence-corrected chi connectivity index (χ0v) is 15.3. The molecule has 4 aromatic rings. The van der Waals surface area contributed by atoms with E-state index in [0.717, 1.165) is 32.9 Å². The molecule has 0 atom stereocenters. The van der Waals surface area contributed by atoms with Gasteiger partial charge in [0.1, 0.15) is 18.2 Å². The topological polar surface area (TPSA) is 44.1 Å². The summed E-state index contributed by atoms with van der Waals surface area (Å²) in [4.78, 5) is 16.8. The lowest BCUT2D eigenvalue weighted by Crippen LogP contribution is -2.14. The number of esters is 1. The molecular weight excluding hydrogens is 352 g/mol. The summed E-state index contributed by atoms with van der Waals surface area (Å²) in [5, 5.41) is 8.12. The van der Waals surface area contributed by atoms with Gasteiger partial charge in [-0.2, -0.15) is 11.3 Å². The highest BCUT2D eigenvalue weighted by Gasteiger charge is 2.12. The first kappa shape index (κ1) is 16.1. The van der Waals surface area contributed by atoms with Crippen molar-refractivity contribution in [3.63, 3.8) is 0 Å². The van der Waals surface area contributed by atoms with Crippen LogP contribution in [0.25, 0.3) is 21.5 Å². The van der Waals surface area contributed by atoms with Crippen LogP contribution in [0.5, 0.6) is 0 Å². The molecular formula is C19H16N2O2S2. The minimum atomic E-state index is -0.255. The molecule has 25 heavy (non-hydrogen) atoms. The lowest BCUT2D eigenvalue weighted by atomic mass is 10.2. The molecule has 4 rings (SSSR count). The molecule has 3 aromatic heterocycles. The van der Waals surface area contributed by atoms with Gasteiger partial charge in [-0.3, -0.25) is 4.79 Å². The zero-order valence-electron chi connectivity index (χ0n) is 13.6. The highest BCUT2D eigenvalue weighted by Crippen LogP contribution is 2.26. The van der Waals surface area contributed by atoms with Gasteiger partial charge < -0.3 is 9.30 Å². The minimum absolute atomic E-state index is 0.206. The van der Waals surface area contributed by atoms with Crippen molar-refractivity contribution in [2.24, 2.45) is 0 Å². The number of benzene rings is 1. The number of carbonyl (C=O) groups is 1. The van der Waals surface area contributed by atoms with Crippen LogP contribution in [0.4, 0.5) is 0 Å². The van der Waals surface area contributed by atoms with Crippen LogP contribution < -0.4 is 0 Å². The van der Waals surface area contributed by atoms with Gasteiger partial charge in [0.25, 0.3) is 0 Å². The van der Waals surface area contributed by atoms with Crippen LogP contribution in [0.1, 0.15) is 11.4 Å². The van der Waals surface area contributed by atoms with Crippen molar-refractivity contribution in [2.75, 3.05) is 0 Å². The highest BCUT2D eigenvalue weighted by atomic mass is 32.1. The second-order valence-electron chi connectivity index (χ2n) is 5.75. The number of hydrogen-bond donors (Lipinski definition) is 0. The predicted octanol–water partition coefficient (Wildman–Crippen LogP) is 4.88. The zero-order chi connectivity index (χ0) is 17.2. The summed E-state index contributed by atoms with van der Waals surface area (Å²) in [7, 11) is 0. The second kappa shape index (κ2) is 6.82. The molecule has 0 amide bonds. The molecule has 0 saturated heterocycles. The molecule has 0 bridgehead atoms. The summed E-state index contributed by atoms with van der Waals surface area (Å²) in [6, 6.07) is 12.2. The number of aryl methyl sites for hydroxylation is 1.